The minimum absolute atomic E-state index is 0.00849. The van der Waals surface area contributed by atoms with Crippen LogP contribution in [0.15, 0.2) is 24.3 Å². The lowest BCUT2D eigenvalue weighted by atomic mass is 9.84. The zero-order chi connectivity index (χ0) is 18.1. The molecular weight excluding hydrogens is 352 g/mol. The summed E-state index contributed by atoms with van der Waals surface area (Å²) in [7, 11) is 0. The van der Waals surface area contributed by atoms with Crippen LogP contribution in [0.4, 0.5) is 0 Å². The van der Waals surface area contributed by atoms with Crippen molar-refractivity contribution in [1.82, 2.24) is 21.1 Å². The van der Waals surface area contributed by atoms with E-state index < -0.39 is 0 Å². The summed E-state index contributed by atoms with van der Waals surface area (Å²) in [5.74, 6) is 0.132. The van der Waals surface area contributed by atoms with E-state index >= 15 is 0 Å². The van der Waals surface area contributed by atoms with E-state index in [1.54, 1.807) is 0 Å². The van der Waals surface area contributed by atoms with Crippen molar-refractivity contribution in [2.24, 2.45) is 11.8 Å². The van der Waals surface area contributed by atoms with E-state index in [1.807, 2.05) is 29.2 Å². The molecule has 0 aromatic heterocycles. The zero-order valence-electron chi connectivity index (χ0n) is 14.7. The van der Waals surface area contributed by atoms with Crippen LogP contribution in [0.25, 0.3) is 0 Å². The molecule has 3 fully saturated rings. The lowest BCUT2D eigenvalue weighted by Gasteiger charge is -2.32. The van der Waals surface area contributed by atoms with Crippen LogP contribution in [0.3, 0.4) is 0 Å². The molecule has 0 radical (unpaired) electrons. The molecule has 1 saturated carbocycles. The summed E-state index contributed by atoms with van der Waals surface area (Å²) in [5, 5.41) is 3.57. The molecule has 2 saturated heterocycles. The van der Waals surface area contributed by atoms with Crippen LogP contribution in [0, 0.1) is 11.8 Å². The third-order valence-corrected chi connectivity index (χ3v) is 6.29. The number of carbonyl (C=O) groups is 2. The van der Waals surface area contributed by atoms with Gasteiger partial charge in [0.2, 0.25) is 11.8 Å². The van der Waals surface area contributed by atoms with E-state index in [2.05, 4.69) is 16.2 Å². The smallest absolute Gasteiger partial charge is 0.225 e. The molecule has 26 heavy (non-hydrogen) atoms. The first-order chi connectivity index (χ1) is 12.6. The fourth-order valence-electron chi connectivity index (χ4n) is 4.47. The largest absolute Gasteiger partial charge is 0.352 e. The lowest BCUT2D eigenvalue weighted by molar-refractivity contribution is -0.131. The maximum Gasteiger partial charge on any atom is 0.225 e. The average Bonchev–Trinajstić information content (AvgIpc) is 3.24. The highest BCUT2D eigenvalue weighted by Gasteiger charge is 2.46. The van der Waals surface area contributed by atoms with Crippen molar-refractivity contribution in [2.75, 3.05) is 6.54 Å². The Morgan fingerprint density at radius 1 is 1.23 bits per heavy atom. The van der Waals surface area contributed by atoms with Gasteiger partial charge in [-0.05, 0) is 24.5 Å². The molecule has 140 valence electrons. The van der Waals surface area contributed by atoms with Gasteiger partial charge in [0.1, 0.15) is 0 Å². The SMILES string of the molecule is O=C(NCc1ccccc1Cl)C1CC(=O)N(C2NNC3CCCCC32)C1. The topological polar surface area (TPSA) is 73.5 Å². The second kappa shape index (κ2) is 7.55. The predicted octanol–water partition coefficient (Wildman–Crippen LogP) is 1.80. The number of amides is 2. The Labute approximate surface area is 158 Å². The lowest BCUT2D eigenvalue weighted by Crippen LogP contribution is -2.48. The fourth-order valence-corrected chi connectivity index (χ4v) is 4.67. The number of hydrazine groups is 1. The molecule has 6 nitrogen and oxygen atoms in total. The quantitative estimate of drug-likeness (QED) is 0.749. The summed E-state index contributed by atoms with van der Waals surface area (Å²) in [6.07, 6.45) is 5.02. The van der Waals surface area contributed by atoms with E-state index in [0.717, 1.165) is 18.4 Å². The number of hydrogen-bond donors (Lipinski definition) is 3. The standard InChI is InChI=1S/C19H25ClN4O2/c20-15-7-3-1-5-12(15)10-21-19(26)13-9-17(25)24(11-13)18-14-6-2-4-8-16(14)22-23-18/h1,3,5,7,13-14,16,18,22-23H,2,4,6,8-11H2,(H,21,26). The Morgan fingerprint density at radius 3 is 2.88 bits per heavy atom. The molecule has 4 atom stereocenters. The van der Waals surface area contributed by atoms with Gasteiger partial charge in [0.05, 0.1) is 12.1 Å². The van der Waals surface area contributed by atoms with Crippen LogP contribution in [0.1, 0.15) is 37.7 Å². The molecule has 1 aromatic carbocycles. The number of nitrogens with one attached hydrogen (secondary N) is 3. The number of likely N-dealkylation sites (tertiary alicyclic amines) is 1. The monoisotopic (exact) mass is 376 g/mol. The van der Waals surface area contributed by atoms with Crippen LogP contribution in [0.5, 0.6) is 0 Å². The number of halogens is 1. The molecule has 0 bridgehead atoms. The van der Waals surface area contributed by atoms with E-state index in [9.17, 15) is 9.59 Å². The number of benzene rings is 1. The summed E-state index contributed by atoms with van der Waals surface area (Å²) in [5.41, 5.74) is 7.53. The van der Waals surface area contributed by atoms with Crippen LogP contribution >= 0.6 is 11.6 Å². The van der Waals surface area contributed by atoms with Crippen molar-refractivity contribution in [3.63, 3.8) is 0 Å². The molecule has 3 aliphatic rings. The zero-order valence-corrected chi connectivity index (χ0v) is 15.5. The minimum Gasteiger partial charge on any atom is -0.352 e. The number of rotatable bonds is 4. The molecule has 4 rings (SSSR count). The second-order valence-corrected chi connectivity index (χ2v) is 7.95. The van der Waals surface area contributed by atoms with Gasteiger partial charge in [-0.15, -0.1) is 0 Å². The normalized spacial score (nSPS) is 31.1. The van der Waals surface area contributed by atoms with Crippen LogP contribution in [-0.4, -0.2) is 35.5 Å². The van der Waals surface area contributed by atoms with Gasteiger partial charge in [0, 0.05) is 36.5 Å². The van der Waals surface area contributed by atoms with Crippen molar-refractivity contribution in [3.8, 4) is 0 Å². The van der Waals surface area contributed by atoms with Crippen molar-refractivity contribution in [1.29, 1.82) is 0 Å². The van der Waals surface area contributed by atoms with Crippen molar-refractivity contribution in [2.45, 2.75) is 50.9 Å². The first-order valence-corrected chi connectivity index (χ1v) is 9.83. The van der Waals surface area contributed by atoms with Crippen molar-refractivity contribution >= 4 is 23.4 Å². The Hall–Kier alpha value is -1.63. The Kier molecular flexibility index (Phi) is 5.16. The number of hydrogen-bond acceptors (Lipinski definition) is 4. The van der Waals surface area contributed by atoms with E-state index in [-0.39, 0.29) is 30.3 Å². The third-order valence-electron chi connectivity index (χ3n) is 5.92. The van der Waals surface area contributed by atoms with Gasteiger partial charge < -0.3 is 10.2 Å². The molecule has 2 aliphatic heterocycles. The highest BCUT2D eigenvalue weighted by Crippen LogP contribution is 2.34. The molecule has 1 aromatic rings. The molecule has 1 aliphatic carbocycles. The maximum absolute atomic E-state index is 12.5. The molecule has 3 N–H and O–H groups in total. The minimum atomic E-state index is -0.297. The molecule has 4 unspecified atom stereocenters. The van der Waals surface area contributed by atoms with E-state index in [4.69, 9.17) is 11.6 Å². The van der Waals surface area contributed by atoms with Gasteiger partial charge in [-0.3, -0.25) is 15.0 Å². The fraction of sp³-hybridized carbons (Fsp3) is 0.579. The number of carbonyl (C=O) groups excluding carboxylic acids is 2. The Morgan fingerprint density at radius 2 is 2.04 bits per heavy atom. The number of fused-ring (bicyclic) bond motifs is 1. The van der Waals surface area contributed by atoms with Crippen LogP contribution in [-0.2, 0) is 16.1 Å². The maximum atomic E-state index is 12.5. The molecule has 0 spiro atoms. The molecular formula is C19H25ClN4O2. The van der Waals surface area contributed by atoms with Crippen molar-refractivity contribution in [3.05, 3.63) is 34.9 Å². The van der Waals surface area contributed by atoms with E-state index in [0.29, 0.717) is 30.1 Å². The van der Waals surface area contributed by atoms with Gasteiger partial charge in [-0.1, -0.05) is 42.6 Å². The third kappa shape index (κ3) is 3.46. The summed E-state index contributed by atoms with van der Waals surface area (Å²) in [6, 6.07) is 7.90. The van der Waals surface area contributed by atoms with Gasteiger partial charge >= 0.3 is 0 Å². The summed E-state index contributed by atoms with van der Waals surface area (Å²) < 4.78 is 0. The second-order valence-electron chi connectivity index (χ2n) is 7.54. The van der Waals surface area contributed by atoms with Gasteiger partial charge in [0.15, 0.2) is 0 Å². The summed E-state index contributed by atoms with van der Waals surface area (Å²) in [4.78, 5) is 26.9. The van der Waals surface area contributed by atoms with Crippen LogP contribution < -0.4 is 16.2 Å². The molecule has 2 heterocycles. The summed E-state index contributed by atoms with van der Waals surface area (Å²) in [6.45, 7) is 0.868. The van der Waals surface area contributed by atoms with Gasteiger partial charge in [-0.25, -0.2) is 5.43 Å². The van der Waals surface area contributed by atoms with Gasteiger partial charge in [-0.2, -0.15) is 0 Å². The summed E-state index contributed by atoms with van der Waals surface area (Å²) >= 11 is 6.14. The molecule has 2 amide bonds. The predicted molar refractivity (Wildman–Crippen MR) is 98.9 cm³/mol. The van der Waals surface area contributed by atoms with Gasteiger partial charge in [0.25, 0.3) is 0 Å². The van der Waals surface area contributed by atoms with E-state index in [1.165, 1.54) is 12.8 Å². The highest BCUT2D eigenvalue weighted by molar-refractivity contribution is 6.31. The van der Waals surface area contributed by atoms with Crippen molar-refractivity contribution < 1.29 is 9.59 Å². The number of nitrogens with zero attached hydrogens (tertiary/aromatic N) is 1. The Bertz CT molecular complexity index is 698. The highest BCUT2D eigenvalue weighted by atomic mass is 35.5. The van der Waals surface area contributed by atoms with Crippen LogP contribution in [0.2, 0.25) is 5.02 Å². The first-order valence-electron chi connectivity index (χ1n) is 9.45. The molecule has 7 heteroatoms. The average molecular weight is 377 g/mol. The Balaban J connectivity index is 1.35. The first kappa shape index (κ1) is 17.8.